The highest BCUT2D eigenvalue weighted by Gasteiger charge is 2.27. The first-order valence-electron chi connectivity index (χ1n) is 12.5. The maximum atomic E-state index is 9.50. The van der Waals surface area contributed by atoms with E-state index in [1.165, 1.54) is 16.9 Å². The summed E-state index contributed by atoms with van der Waals surface area (Å²) >= 11 is 0. The van der Waals surface area contributed by atoms with Crippen molar-refractivity contribution in [1.29, 1.82) is 5.26 Å². The Morgan fingerprint density at radius 3 is 2.62 bits per heavy atom. The van der Waals surface area contributed by atoms with Gasteiger partial charge >= 0.3 is 0 Å². The van der Waals surface area contributed by atoms with Crippen LogP contribution in [0, 0.1) is 17.2 Å². The van der Waals surface area contributed by atoms with Crippen molar-refractivity contribution in [2.24, 2.45) is 5.92 Å². The molecule has 6 heteroatoms. The van der Waals surface area contributed by atoms with Gasteiger partial charge in [-0.15, -0.1) is 0 Å². The van der Waals surface area contributed by atoms with E-state index in [9.17, 15) is 5.26 Å². The molecule has 0 saturated carbocycles. The van der Waals surface area contributed by atoms with E-state index in [-0.39, 0.29) is 6.04 Å². The zero-order chi connectivity index (χ0) is 23.5. The van der Waals surface area contributed by atoms with E-state index in [4.69, 9.17) is 0 Å². The Labute approximate surface area is 202 Å². The van der Waals surface area contributed by atoms with Crippen molar-refractivity contribution in [2.45, 2.75) is 32.4 Å². The monoisotopic (exact) mass is 454 g/mol. The van der Waals surface area contributed by atoms with Crippen LogP contribution in [0.15, 0.2) is 54.7 Å². The van der Waals surface area contributed by atoms with Crippen LogP contribution in [0.25, 0.3) is 10.9 Å². The Bertz CT molecular complexity index is 1160. The minimum atomic E-state index is 0.286. The molecular weight excluding hydrogens is 420 g/mol. The van der Waals surface area contributed by atoms with Crippen molar-refractivity contribution in [3.63, 3.8) is 0 Å². The quantitative estimate of drug-likeness (QED) is 0.606. The van der Waals surface area contributed by atoms with Gasteiger partial charge in [0.05, 0.1) is 11.1 Å². The molecule has 2 aromatic carbocycles. The molecule has 0 spiro atoms. The highest BCUT2D eigenvalue weighted by molar-refractivity contribution is 5.95. The Morgan fingerprint density at radius 1 is 1.06 bits per heavy atom. The Morgan fingerprint density at radius 2 is 1.85 bits per heavy atom. The first-order valence-corrected chi connectivity index (χ1v) is 12.5. The maximum Gasteiger partial charge on any atom is 0.101 e. The zero-order valence-corrected chi connectivity index (χ0v) is 20.2. The summed E-state index contributed by atoms with van der Waals surface area (Å²) < 4.78 is 0. The smallest absolute Gasteiger partial charge is 0.101 e. The minimum absolute atomic E-state index is 0.286. The van der Waals surface area contributed by atoms with E-state index < -0.39 is 0 Å². The van der Waals surface area contributed by atoms with Crippen molar-refractivity contribution in [3.05, 3.63) is 65.9 Å². The highest BCUT2D eigenvalue weighted by atomic mass is 15.2. The molecule has 176 valence electrons. The molecule has 0 amide bonds. The van der Waals surface area contributed by atoms with Crippen molar-refractivity contribution >= 4 is 22.3 Å². The number of piperazine rings is 1. The Balaban J connectivity index is 1.30. The summed E-state index contributed by atoms with van der Waals surface area (Å²) in [6, 6.07) is 20.1. The van der Waals surface area contributed by atoms with Gasteiger partial charge in [0.2, 0.25) is 0 Å². The molecule has 2 aliphatic rings. The van der Waals surface area contributed by atoms with Crippen LogP contribution in [0.2, 0.25) is 0 Å². The molecular formula is C28H34N6. The summed E-state index contributed by atoms with van der Waals surface area (Å²) in [5.74, 6) is 0.580. The van der Waals surface area contributed by atoms with Gasteiger partial charge < -0.3 is 20.4 Å². The molecule has 1 unspecified atom stereocenters. The Kier molecular flexibility index (Phi) is 6.66. The Hall–Kier alpha value is -3.14. The first kappa shape index (κ1) is 22.6. The molecule has 0 radical (unpaired) electrons. The van der Waals surface area contributed by atoms with Crippen LogP contribution in [0.5, 0.6) is 0 Å². The van der Waals surface area contributed by atoms with Gasteiger partial charge in [0.15, 0.2) is 0 Å². The van der Waals surface area contributed by atoms with E-state index in [0.29, 0.717) is 17.5 Å². The topological polar surface area (TPSA) is 67.2 Å². The van der Waals surface area contributed by atoms with Crippen LogP contribution in [0.1, 0.15) is 37.4 Å². The number of rotatable bonds is 5. The number of benzene rings is 2. The third kappa shape index (κ3) is 4.72. The van der Waals surface area contributed by atoms with Crippen molar-refractivity contribution in [3.8, 4) is 6.07 Å². The second kappa shape index (κ2) is 10.0. The second-order valence-corrected chi connectivity index (χ2v) is 9.80. The van der Waals surface area contributed by atoms with Crippen molar-refractivity contribution in [1.82, 2.24) is 15.6 Å². The molecule has 3 aromatic rings. The van der Waals surface area contributed by atoms with E-state index in [0.717, 1.165) is 56.6 Å². The second-order valence-electron chi connectivity index (χ2n) is 9.80. The van der Waals surface area contributed by atoms with Gasteiger partial charge in [-0.2, -0.15) is 5.26 Å². The standard InChI is InChI=1S/C28H34N6/c1-20-16-24(32-21(2)22-5-8-25(9-6-22)33-14-12-30-13-15-33)19-34(18-20)27-10-7-23(17-29)28-26(27)4-3-11-31-28/h3-11,20-21,24,30,32H,12-16,18-19H2,1-2H3/t20-,21?,24+/m0/s1. The lowest BCUT2D eigenvalue weighted by Gasteiger charge is -2.40. The number of aromatic nitrogens is 1. The van der Waals surface area contributed by atoms with Gasteiger partial charge in [0, 0.05) is 74.3 Å². The number of pyridine rings is 1. The molecule has 2 aliphatic heterocycles. The maximum absolute atomic E-state index is 9.50. The number of piperidine rings is 1. The molecule has 3 atom stereocenters. The lowest BCUT2D eigenvalue weighted by Crippen LogP contribution is -2.49. The minimum Gasteiger partial charge on any atom is -0.369 e. The van der Waals surface area contributed by atoms with Crippen LogP contribution >= 0.6 is 0 Å². The number of nitriles is 1. The van der Waals surface area contributed by atoms with Gasteiger partial charge in [0.25, 0.3) is 0 Å². The summed E-state index contributed by atoms with van der Waals surface area (Å²) in [6.45, 7) is 10.8. The average molecular weight is 455 g/mol. The van der Waals surface area contributed by atoms with Crippen molar-refractivity contribution < 1.29 is 0 Å². The SMILES string of the molecule is CC(N[C@@H]1C[C@H](C)CN(c2ccc(C#N)c3ncccc23)C1)c1ccc(N2CCNCC2)cc1. The van der Waals surface area contributed by atoms with Crippen LogP contribution in [0.3, 0.4) is 0 Å². The van der Waals surface area contributed by atoms with Crippen LogP contribution < -0.4 is 20.4 Å². The molecule has 0 bridgehead atoms. The summed E-state index contributed by atoms with van der Waals surface area (Å²) in [6.07, 6.45) is 2.93. The van der Waals surface area contributed by atoms with Crippen molar-refractivity contribution in [2.75, 3.05) is 49.1 Å². The molecule has 2 N–H and O–H groups in total. The van der Waals surface area contributed by atoms with Gasteiger partial charge in [-0.05, 0) is 61.2 Å². The third-order valence-corrected chi connectivity index (χ3v) is 7.23. The van der Waals surface area contributed by atoms with Crippen LogP contribution in [-0.4, -0.2) is 50.3 Å². The lowest BCUT2D eigenvalue weighted by atomic mass is 9.93. The molecule has 5 rings (SSSR count). The highest BCUT2D eigenvalue weighted by Crippen LogP contribution is 2.32. The van der Waals surface area contributed by atoms with Gasteiger partial charge in [-0.25, -0.2) is 0 Å². The summed E-state index contributed by atoms with van der Waals surface area (Å²) in [5.41, 5.74) is 5.25. The molecule has 0 aliphatic carbocycles. The van der Waals surface area contributed by atoms with Crippen LogP contribution in [0.4, 0.5) is 11.4 Å². The largest absolute Gasteiger partial charge is 0.369 e. The van der Waals surface area contributed by atoms with E-state index in [1.54, 1.807) is 6.20 Å². The van der Waals surface area contributed by atoms with E-state index in [2.05, 4.69) is 81.7 Å². The molecule has 2 saturated heterocycles. The van der Waals surface area contributed by atoms with E-state index >= 15 is 0 Å². The molecule has 2 fully saturated rings. The normalized spacial score (nSPS) is 21.9. The number of nitrogens with one attached hydrogen (secondary N) is 2. The number of anilines is 2. The van der Waals surface area contributed by atoms with Gasteiger partial charge in [-0.1, -0.05) is 19.1 Å². The lowest BCUT2D eigenvalue weighted by molar-refractivity contribution is 0.330. The molecule has 34 heavy (non-hydrogen) atoms. The predicted molar refractivity (Wildman–Crippen MR) is 139 cm³/mol. The summed E-state index contributed by atoms with van der Waals surface area (Å²) in [5, 5.41) is 17.9. The fraction of sp³-hybridized carbons (Fsp3) is 0.429. The molecule has 6 nitrogen and oxygen atoms in total. The summed E-state index contributed by atoms with van der Waals surface area (Å²) in [7, 11) is 0. The fourth-order valence-corrected chi connectivity index (χ4v) is 5.54. The molecule has 3 heterocycles. The molecule has 1 aromatic heterocycles. The van der Waals surface area contributed by atoms with Gasteiger partial charge in [-0.3, -0.25) is 4.98 Å². The number of nitrogens with zero attached hydrogens (tertiary/aromatic N) is 4. The average Bonchev–Trinajstić information content (AvgIpc) is 2.88. The predicted octanol–water partition coefficient (Wildman–Crippen LogP) is 4.08. The third-order valence-electron chi connectivity index (χ3n) is 7.23. The van der Waals surface area contributed by atoms with Gasteiger partial charge in [0.1, 0.15) is 6.07 Å². The number of fused-ring (bicyclic) bond motifs is 1. The van der Waals surface area contributed by atoms with Crippen LogP contribution in [-0.2, 0) is 0 Å². The van der Waals surface area contributed by atoms with E-state index in [1.807, 2.05) is 12.1 Å². The zero-order valence-electron chi connectivity index (χ0n) is 20.2. The number of hydrogen-bond acceptors (Lipinski definition) is 6. The summed E-state index contributed by atoms with van der Waals surface area (Å²) in [4.78, 5) is 9.43. The fourth-order valence-electron chi connectivity index (χ4n) is 5.54. The number of hydrogen-bond donors (Lipinski definition) is 2. The first-order chi connectivity index (χ1) is 16.6.